The van der Waals surface area contributed by atoms with Crippen molar-refractivity contribution in [2.24, 2.45) is 0 Å². The molecule has 0 aliphatic carbocycles. The van der Waals surface area contributed by atoms with E-state index in [1.165, 1.54) is 16.4 Å². The molecule has 110 valence electrons. The molecule has 20 heavy (non-hydrogen) atoms. The number of aryl methyl sites for hydroxylation is 2. The van der Waals surface area contributed by atoms with Crippen molar-refractivity contribution in [3.8, 4) is 5.75 Å². The van der Waals surface area contributed by atoms with E-state index in [1.54, 1.807) is 13.8 Å². The van der Waals surface area contributed by atoms with Gasteiger partial charge >= 0.3 is 0 Å². The molecule has 0 radical (unpaired) electrons. The number of hydrogen-bond donors (Lipinski definition) is 1. The van der Waals surface area contributed by atoms with Crippen LogP contribution in [-0.2, 0) is 14.8 Å². The van der Waals surface area contributed by atoms with Gasteiger partial charge in [-0.05, 0) is 49.9 Å². The van der Waals surface area contributed by atoms with Crippen molar-refractivity contribution >= 4 is 16.3 Å². The smallest absolute Gasteiger partial charge is 0.244 e. The lowest BCUT2D eigenvalue weighted by molar-refractivity contribution is -0.111. The zero-order valence-corrected chi connectivity index (χ0v) is 12.5. The Morgan fingerprint density at radius 2 is 1.85 bits per heavy atom. The molecule has 1 aromatic rings. The predicted octanol–water partition coefficient (Wildman–Crippen LogP) is 1.75. The van der Waals surface area contributed by atoms with E-state index in [2.05, 4.69) is 0 Å². The van der Waals surface area contributed by atoms with Gasteiger partial charge in [-0.15, -0.1) is 0 Å². The Labute approximate surface area is 119 Å². The molecule has 1 aliphatic heterocycles. The summed E-state index contributed by atoms with van der Waals surface area (Å²) >= 11 is 0. The number of rotatable bonds is 3. The molecule has 0 saturated carbocycles. The second-order valence-electron chi connectivity index (χ2n) is 5.22. The number of hydrogen-bond acceptors (Lipinski definition) is 4. The maximum atomic E-state index is 12.8. The molecular formula is C14H19NO4S. The molecular weight excluding hydrogens is 278 g/mol. The third kappa shape index (κ3) is 2.58. The molecule has 1 aliphatic rings. The first kappa shape index (κ1) is 15.0. The fraction of sp³-hybridized carbons (Fsp3) is 0.500. The Hall–Kier alpha value is -1.40. The summed E-state index contributed by atoms with van der Waals surface area (Å²) in [5.41, 5.74) is 0.996. The Bertz CT molecular complexity index is 601. The van der Waals surface area contributed by atoms with Crippen molar-refractivity contribution in [3.63, 3.8) is 0 Å². The van der Waals surface area contributed by atoms with Crippen LogP contribution < -0.4 is 0 Å². The summed E-state index contributed by atoms with van der Waals surface area (Å²) in [6.45, 7) is 3.67. The lowest BCUT2D eigenvalue weighted by Crippen LogP contribution is -2.44. The van der Waals surface area contributed by atoms with Crippen LogP contribution >= 0.6 is 0 Å². The molecule has 1 saturated heterocycles. The van der Waals surface area contributed by atoms with E-state index >= 15 is 0 Å². The van der Waals surface area contributed by atoms with E-state index in [4.69, 9.17) is 0 Å². The van der Waals surface area contributed by atoms with E-state index in [9.17, 15) is 18.3 Å². The third-order valence-electron chi connectivity index (χ3n) is 3.67. The highest BCUT2D eigenvalue weighted by Gasteiger charge is 2.35. The van der Waals surface area contributed by atoms with Crippen molar-refractivity contribution in [3.05, 3.63) is 23.3 Å². The fourth-order valence-electron chi connectivity index (χ4n) is 2.82. The Morgan fingerprint density at radius 1 is 1.25 bits per heavy atom. The first-order chi connectivity index (χ1) is 9.37. The highest BCUT2D eigenvalue weighted by atomic mass is 32.2. The highest BCUT2D eigenvalue weighted by Crippen LogP contribution is 2.30. The van der Waals surface area contributed by atoms with Gasteiger partial charge in [-0.3, -0.25) is 0 Å². The maximum Gasteiger partial charge on any atom is 0.244 e. The van der Waals surface area contributed by atoms with Crippen LogP contribution in [-0.4, -0.2) is 36.7 Å². The monoisotopic (exact) mass is 297 g/mol. The van der Waals surface area contributed by atoms with Gasteiger partial charge in [0.15, 0.2) is 0 Å². The number of piperidine rings is 1. The molecule has 1 N–H and O–H groups in total. The summed E-state index contributed by atoms with van der Waals surface area (Å²) in [5.74, 6) is 0.0459. The summed E-state index contributed by atoms with van der Waals surface area (Å²) in [4.78, 5) is 11.3. The van der Waals surface area contributed by atoms with Gasteiger partial charge in [-0.25, -0.2) is 8.42 Å². The number of phenolic OH excluding ortho intramolecular Hbond substituents is 1. The number of phenols is 1. The second-order valence-corrected chi connectivity index (χ2v) is 7.05. The first-order valence-electron chi connectivity index (χ1n) is 6.65. The van der Waals surface area contributed by atoms with Gasteiger partial charge in [-0.1, -0.05) is 6.42 Å². The molecule has 1 heterocycles. The number of carbonyl (C=O) groups is 1. The van der Waals surface area contributed by atoms with Crippen LogP contribution in [0.15, 0.2) is 17.0 Å². The lowest BCUT2D eigenvalue weighted by atomic mass is 10.1. The van der Waals surface area contributed by atoms with Crippen LogP contribution in [0.4, 0.5) is 0 Å². The maximum absolute atomic E-state index is 12.8. The predicted molar refractivity (Wildman–Crippen MR) is 75.2 cm³/mol. The van der Waals surface area contributed by atoms with E-state index in [0.717, 1.165) is 12.8 Å². The third-order valence-corrected chi connectivity index (χ3v) is 5.90. The van der Waals surface area contributed by atoms with E-state index < -0.39 is 16.1 Å². The summed E-state index contributed by atoms with van der Waals surface area (Å²) in [6, 6.07) is 2.28. The number of aldehydes is 1. The molecule has 1 aromatic carbocycles. The van der Waals surface area contributed by atoms with Gasteiger partial charge in [0.1, 0.15) is 12.0 Å². The van der Waals surface area contributed by atoms with Gasteiger partial charge in [0.25, 0.3) is 0 Å². The fourth-order valence-corrected chi connectivity index (χ4v) is 4.86. The van der Waals surface area contributed by atoms with Crippen LogP contribution in [0.5, 0.6) is 5.75 Å². The number of benzene rings is 1. The summed E-state index contributed by atoms with van der Waals surface area (Å²) in [7, 11) is -3.71. The zero-order chi connectivity index (χ0) is 14.9. The number of carbonyl (C=O) groups excluding carboxylic acids is 1. The molecule has 1 atom stereocenters. The molecule has 0 spiro atoms. The minimum atomic E-state index is -3.71. The van der Waals surface area contributed by atoms with Crippen molar-refractivity contribution in [1.82, 2.24) is 4.31 Å². The van der Waals surface area contributed by atoms with Crippen molar-refractivity contribution in [2.75, 3.05) is 6.54 Å². The number of aromatic hydroxyl groups is 1. The lowest BCUT2D eigenvalue weighted by Gasteiger charge is -2.32. The summed E-state index contributed by atoms with van der Waals surface area (Å²) < 4.78 is 26.9. The van der Waals surface area contributed by atoms with Gasteiger partial charge < -0.3 is 9.90 Å². The largest absolute Gasteiger partial charge is 0.508 e. The zero-order valence-electron chi connectivity index (χ0n) is 11.7. The SMILES string of the molecule is Cc1cc(O)cc(C)c1S(=O)(=O)N1CCCCC1C=O. The molecule has 0 bridgehead atoms. The quantitative estimate of drug-likeness (QED) is 0.863. The normalized spacial score (nSPS) is 20.8. The molecule has 2 rings (SSSR count). The van der Waals surface area contributed by atoms with Crippen LogP contribution in [0.25, 0.3) is 0 Å². The minimum Gasteiger partial charge on any atom is -0.508 e. The van der Waals surface area contributed by atoms with Gasteiger partial charge in [-0.2, -0.15) is 4.31 Å². The van der Waals surface area contributed by atoms with Gasteiger partial charge in [0.2, 0.25) is 10.0 Å². The standard InChI is InChI=1S/C14H19NO4S/c1-10-7-13(17)8-11(2)14(10)20(18,19)15-6-4-3-5-12(15)9-16/h7-9,12,17H,3-6H2,1-2H3. The van der Waals surface area contributed by atoms with Crippen LogP contribution in [0.3, 0.4) is 0 Å². The van der Waals surface area contributed by atoms with Crippen molar-refractivity contribution in [1.29, 1.82) is 0 Å². The summed E-state index contributed by atoms with van der Waals surface area (Å²) in [5, 5.41) is 9.53. The first-order valence-corrected chi connectivity index (χ1v) is 8.09. The average molecular weight is 297 g/mol. The van der Waals surface area contributed by atoms with Gasteiger partial charge in [0.05, 0.1) is 10.9 Å². The number of sulfonamides is 1. The van der Waals surface area contributed by atoms with E-state index in [1.807, 2.05) is 0 Å². The highest BCUT2D eigenvalue weighted by molar-refractivity contribution is 7.89. The molecule has 1 unspecified atom stereocenters. The molecule has 5 nitrogen and oxygen atoms in total. The van der Waals surface area contributed by atoms with Crippen LogP contribution in [0, 0.1) is 13.8 Å². The second kappa shape index (κ2) is 5.54. The van der Waals surface area contributed by atoms with Crippen molar-refractivity contribution < 1.29 is 18.3 Å². The van der Waals surface area contributed by atoms with Crippen molar-refractivity contribution in [2.45, 2.75) is 44.0 Å². The Balaban J connectivity index is 2.52. The van der Waals surface area contributed by atoms with E-state index in [0.29, 0.717) is 30.4 Å². The minimum absolute atomic E-state index is 0.0459. The molecule has 6 heteroatoms. The van der Waals surface area contributed by atoms with Gasteiger partial charge in [0, 0.05) is 6.54 Å². The van der Waals surface area contributed by atoms with E-state index in [-0.39, 0.29) is 10.6 Å². The number of nitrogens with zero attached hydrogens (tertiary/aromatic N) is 1. The van der Waals surface area contributed by atoms with Crippen LogP contribution in [0.1, 0.15) is 30.4 Å². The Morgan fingerprint density at radius 3 is 2.40 bits per heavy atom. The van der Waals surface area contributed by atoms with Crippen LogP contribution in [0.2, 0.25) is 0 Å². The molecule has 0 amide bonds. The molecule has 1 fully saturated rings. The molecule has 0 aromatic heterocycles. The Kier molecular flexibility index (Phi) is 4.15. The average Bonchev–Trinajstić information content (AvgIpc) is 2.37. The topological polar surface area (TPSA) is 74.7 Å². The summed E-state index contributed by atoms with van der Waals surface area (Å²) in [6.07, 6.45) is 2.91.